The highest BCUT2D eigenvalue weighted by molar-refractivity contribution is 5.85. The predicted molar refractivity (Wildman–Crippen MR) is 79.2 cm³/mol. The van der Waals surface area contributed by atoms with E-state index in [1.165, 1.54) is 25.7 Å². The molecule has 2 fully saturated rings. The van der Waals surface area contributed by atoms with Crippen LogP contribution in [-0.4, -0.2) is 11.9 Å². The second-order valence-electron chi connectivity index (χ2n) is 5.69. The molecule has 0 saturated heterocycles. The summed E-state index contributed by atoms with van der Waals surface area (Å²) < 4.78 is 0. The van der Waals surface area contributed by atoms with Crippen molar-refractivity contribution < 1.29 is 4.79 Å². The molecule has 2 aliphatic carbocycles. The molecule has 0 unspecified atom stereocenters. The molecular formula is C15H21ClN2O. The van der Waals surface area contributed by atoms with E-state index in [9.17, 15) is 4.79 Å². The fourth-order valence-electron chi connectivity index (χ4n) is 2.59. The van der Waals surface area contributed by atoms with E-state index in [2.05, 4.69) is 5.32 Å². The minimum atomic E-state index is 0. The Kier molecular flexibility index (Phi) is 4.35. The molecule has 104 valence electrons. The molecule has 0 bridgehead atoms. The molecule has 0 atom stereocenters. The number of nitrogen functional groups attached to an aromatic ring is 1. The Labute approximate surface area is 120 Å². The van der Waals surface area contributed by atoms with Crippen LogP contribution in [0.15, 0.2) is 24.3 Å². The number of halogens is 1. The molecule has 0 radical (unpaired) electrons. The van der Waals surface area contributed by atoms with Crippen LogP contribution >= 0.6 is 12.4 Å². The molecule has 1 amide bonds. The van der Waals surface area contributed by atoms with Gasteiger partial charge in [-0.2, -0.15) is 0 Å². The lowest BCUT2D eigenvalue weighted by atomic mass is 10.1. The van der Waals surface area contributed by atoms with E-state index in [0.29, 0.717) is 12.5 Å². The van der Waals surface area contributed by atoms with Crippen LogP contribution in [0.1, 0.15) is 31.2 Å². The van der Waals surface area contributed by atoms with Crippen molar-refractivity contribution >= 4 is 24.0 Å². The van der Waals surface area contributed by atoms with Crippen molar-refractivity contribution in [2.75, 3.05) is 5.73 Å². The Morgan fingerprint density at radius 3 is 2.16 bits per heavy atom. The lowest BCUT2D eigenvalue weighted by Crippen LogP contribution is -2.38. The number of carbonyl (C=O) groups is 1. The molecule has 0 heterocycles. The Bertz CT molecular complexity index is 426. The summed E-state index contributed by atoms with van der Waals surface area (Å²) in [5.74, 6) is 1.67. The number of hydrogen-bond donors (Lipinski definition) is 2. The van der Waals surface area contributed by atoms with Gasteiger partial charge in [-0.15, -0.1) is 12.4 Å². The van der Waals surface area contributed by atoms with Gasteiger partial charge in [-0.3, -0.25) is 4.79 Å². The van der Waals surface area contributed by atoms with Gasteiger partial charge < -0.3 is 11.1 Å². The molecule has 3 nitrogen and oxygen atoms in total. The first kappa shape index (κ1) is 14.2. The molecule has 19 heavy (non-hydrogen) atoms. The highest BCUT2D eigenvalue weighted by atomic mass is 35.5. The SMILES string of the molecule is Cl.Nc1ccc(CC(=O)NC(C2CC2)C2CC2)cc1. The smallest absolute Gasteiger partial charge is 0.224 e. The van der Waals surface area contributed by atoms with Crippen LogP contribution in [0, 0.1) is 11.8 Å². The van der Waals surface area contributed by atoms with E-state index >= 15 is 0 Å². The number of rotatable bonds is 5. The lowest BCUT2D eigenvalue weighted by Gasteiger charge is -2.17. The maximum absolute atomic E-state index is 12.0. The first-order valence-corrected chi connectivity index (χ1v) is 6.86. The monoisotopic (exact) mass is 280 g/mol. The molecule has 4 heteroatoms. The van der Waals surface area contributed by atoms with Gasteiger partial charge in [0.05, 0.1) is 6.42 Å². The van der Waals surface area contributed by atoms with Gasteiger partial charge >= 0.3 is 0 Å². The summed E-state index contributed by atoms with van der Waals surface area (Å²) in [7, 11) is 0. The number of benzene rings is 1. The molecule has 2 aliphatic rings. The molecule has 0 spiro atoms. The maximum Gasteiger partial charge on any atom is 0.224 e. The van der Waals surface area contributed by atoms with Gasteiger partial charge in [-0.05, 0) is 55.2 Å². The Morgan fingerprint density at radius 2 is 1.68 bits per heavy atom. The zero-order valence-electron chi connectivity index (χ0n) is 11.0. The molecule has 2 saturated carbocycles. The van der Waals surface area contributed by atoms with Crippen LogP contribution in [0.3, 0.4) is 0 Å². The van der Waals surface area contributed by atoms with E-state index in [-0.39, 0.29) is 18.3 Å². The standard InChI is InChI=1S/C15H20N2O.ClH/c16-13-7-1-10(2-8-13)9-14(18)17-15(11-3-4-11)12-5-6-12;/h1-2,7-8,11-12,15H,3-6,9,16H2,(H,17,18);1H. The van der Waals surface area contributed by atoms with Crippen molar-refractivity contribution in [2.24, 2.45) is 11.8 Å². The lowest BCUT2D eigenvalue weighted by molar-refractivity contribution is -0.121. The van der Waals surface area contributed by atoms with Crippen molar-refractivity contribution in [3.63, 3.8) is 0 Å². The third-order valence-corrected chi connectivity index (χ3v) is 3.93. The summed E-state index contributed by atoms with van der Waals surface area (Å²) in [6.07, 6.45) is 5.65. The average Bonchev–Trinajstić information content (AvgIpc) is 3.22. The van der Waals surface area contributed by atoms with Crippen molar-refractivity contribution in [1.29, 1.82) is 0 Å². The van der Waals surface area contributed by atoms with Gasteiger partial charge in [-0.1, -0.05) is 12.1 Å². The third kappa shape index (κ3) is 3.87. The summed E-state index contributed by atoms with van der Waals surface area (Å²) in [6, 6.07) is 8.01. The van der Waals surface area contributed by atoms with Crippen LogP contribution in [0.4, 0.5) is 5.69 Å². The number of hydrogen-bond acceptors (Lipinski definition) is 2. The molecular weight excluding hydrogens is 260 g/mol. The van der Waals surface area contributed by atoms with Gasteiger partial charge in [0.25, 0.3) is 0 Å². The molecule has 3 N–H and O–H groups in total. The van der Waals surface area contributed by atoms with Crippen LogP contribution in [0.25, 0.3) is 0 Å². The molecule has 1 aromatic rings. The van der Waals surface area contributed by atoms with Crippen molar-refractivity contribution in [3.8, 4) is 0 Å². The minimum Gasteiger partial charge on any atom is -0.399 e. The van der Waals surface area contributed by atoms with E-state index in [1.807, 2.05) is 24.3 Å². The number of anilines is 1. The van der Waals surface area contributed by atoms with Crippen molar-refractivity contribution in [2.45, 2.75) is 38.1 Å². The van der Waals surface area contributed by atoms with E-state index in [0.717, 1.165) is 23.1 Å². The normalized spacial score (nSPS) is 17.9. The summed E-state index contributed by atoms with van der Waals surface area (Å²) in [6.45, 7) is 0. The molecule has 0 aliphatic heterocycles. The predicted octanol–water partition coefficient (Wildman–Crippen LogP) is 2.54. The van der Waals surface area contributed by atoms with Gasteiger partial charge in [0.15, 0.2) is 0 Å². The van der Waals surface area contributed by atoms with Crippen LogP contribution in [-0.2, 0) is 11.2 Å². The number of nitrogens with two attached hydrogens (primary N) is 1. The van der Waals surface area contributed by atoms with E-state index in [4.69, 9.17) is 5.73 Å². The van der Waals surface area contributed by atoms with E-state index < -0.39 is 0 Å². The zero-order valence-corrected chi connectivity index (χ0v) is 11.8. The van der Waals surface area contributed by atoms with Crippen molar-refractivity contribution in [3.05, 3.63) is 29.8 Å². The van der Waals surface area contributed by atoms with Crippen LogP contribution in [0.5, 0.6) is 0 Å². The van der Waals surface area contributed by atoms with Gasteiger partial charge in [0.2, 0.25) is 5.91 Å². The third-order valence-electron chi connectivity index (χ3n) is 3.93. The van der Waals surface area contributed by atoms with Crippen LogP contribution in [0.2, 0.25) is 0 Å². The average molecular weight is 281 g/mol. The Balaban J connectivity index is 0.00000133. The molecule has 1 aromatic carbocycles. The first-order valence-electron chi connectivity index (χ1n) is 6.86. The van der Waals surface area contributed by atoms with Gasteiger partial charge in [-0.25, -0.2) is 0 Å². The Morgan fingerprint density at radius 1 is 1.16 bits per heavy atom. The summed E-state index contributed by atoms with van der Waals surface area (Å²) in [5, 5.41) is 3.23. The highest BCUT2D eigenvalue weighted by Gasteiger charge is 2.42. The molecule has 3 rings (SSSR count). The summed E-state index contributed by atoms with van der Waals surface area (Å²) in [4.78, 5) is 12.0. The highest BCUT2D eigenvalue weighted by Crippen LogP contribution is 2.44. The number of carbonyl (C=O) groups excluding carboxylic acids is 1. The zero-order chi connectivity index (χ0) is 12.5. The van der Waals surface area contributed by atoms with E-state index in [1.54, 1.807) is 0 Å². The largest absolute Gasteiger partial charge is 0.399 e. The second-order valence-corrected chi connectivity index (χ2v) is 5.69. The second kappa shape index (κ2) is 5.83. The van der Waals surface area contributed by atoms with Gasteiger partial charge in [0, 0.05) is 11.7 Å². The first-order chi connectivity index (χ1) is 8.72. The fraction of sp³-hybridized carbons (Fsp3) is 0.533. The summed E-state index contributed by atoms with van der Waals surface area (Å²) >= 11 is 0. The quantitative estimate of drug-likeness (QED) is 0.815. The summed E-state index contributed by atoms with van der Waals surface area (Å²) in [5.41, 5.74) is 7.41. The fourth-order valence-corrected chi connectivity index (χ4v) is 2.59. The maximum atomic E-state index is 12.0. The topological polar surface area (TPSA) is 55.1 Å². The number of nitrogens with one attached hydrogen (secondary N) is 1. The Hall–Kier alpha value is -1.22. The van der Waals surface area contributed by atoms with Crippen LogP contribution < -0.4 is 11.1 Å². The number of amides is 1. The molecule has 0 aromatic heterocycles. The van der Waals surface area contributed by atoms with Gasteiger partial charge in [0.1, 0.15) is 0 Å². The van der Waals surface area contributed by atoms with Crippen molar-refractivity contribution in [1.82, 2.24) is 5.32 Å². The minimum absolute atomic E-state index is 0.